The molecule has 1 unspecified atom stereocenters. The van der Waals surface area contributed by atoms with Crippen LogP contribution < -0.4 is 10.6 Å². The molecule has 10 heteroatoms. The fourth-order valence-electron chi connectivity index (χ4n) is 3.75. The molecule has 0 radical (unpaired) electrons. The van der Waals surface area contributed by atoms with Gasteiger partial charge in [0.15, 0.2) is 0 Å². The normalized spacial score (nSPS) is 15.4. The molecule has 3 amide bonds. The number of H-pyrrole nitrogens is 1. The van der Waals surface area contributed by atoms with Gasteiger partial charge in [0.05, 0.1) is 23.0 Å². The molecule has 34 heavy (non-hydrogen) atoms. The van der Waals surface area contributed by atoms with Crippen molar-refractivity contribution >= 4 is 29.1 Å². The fourth-order valence-corrected chi connectivity index (χ4v) is 3.75. The standard InChI is InChI=1S/C24H23FN6O3/c1-2-22(32)31-12-4-5-15(14-31)23(33)29-18-9-8-16(13-17(18)25)27-24(34)21-7-3-6-19(28-21)20-10-11-26-30-20/h2-3,6-11,13,15H,1,4-5,12,14H2,(H,26,30)(H,27,34)(H,29,33). The fraction of sp³-hybridized carbons (Fsp3) is 0.208. The number of hydrogen-bond acceptors (Lipinski definition) is 5. The Hall–Kier alpha value is -4.34. The maximum absolute atomic E-state index is 14.7. The number of piperidine rings is 1. The summed E-state index contributed by atoms with van der Waals surface area (Å²) >= 11 is 0. The molecule has 0 bridgehead atoms. The quantitative estimate of drug-likeness (QED) is 0.486. The van der Waals surface area contributed by atoms with E-state index in [1.165, 1.54) is 18.2 Å². The first-order valence-electron chi connectivity index (χ1n) is 10.7. The number of nitrogens with zero attached hydrogens (tertiary/aromatic N) is 3. The largest absolute Gasteiger partial charge is 0.338 e. The second-order valence-electron chi connectivity index (χ2n) is 7.84. The highest BCUT2D eigenvalue weighted by molar-refractivity contribution is 6.03. The Kier molecular flexibility index (Phi) is 6.77. The Morgan fingerprint density at radius 2 is 2.03 bits per heavy atom. The van der Waals surface area contributed by atoms with Gasteiger partial charge in [0.1, 0.15) is 11.5 Å². The van der Waals surface area contributed by atoms with E-state index in [1.54, 1.807) is 35.4 Å². The van der Waals surface area contributed by atoms with Crippen LogP contribution in [0.3, 0.4) is 0 Å². The number of hydrogen-bond donors (Lipinski definition) is 3. The number of rotatable bonds is 6. The summed E-state index contributed by atoms with van der Waals surface area (Å²) in [4.78, 5) is 42.9. The van der Waals surface area contributed by atoms with E-state index in [1.807, 2.05) is 0 Å². The van der Waals surface area contributed by atoms with E-state index < -0.39 is 17.6 Å². The number of pyridine rings is 1. The van der Waals surface area contributed by atoms with Crippen molar-refractivity contribution in [1.82, 2.24) is 20.1 Å². The van der Waals surface area contributed by atoms with Gasteiger partial charge in [-0.05, 0) is 55.3 Å². The Bertz CT molecular complexity index is 1230. The average molecular weight is 462 g/mol. The molecular formula is C24H23FN6O3. The van der Waals surface area contributed by atoms with Crippen molar-refractivity contribution in [3.63, 3.8) is 0 Å². The van der Waals surface area contributed by atoms with Crippen LogP contribution in [0.2, 0.25) is 0 Å². The lowest BCUT2D eigenvalue weighted by Gasteiger charge is -2.31. The Labute approximate surface area is 195 Å². The van der Waals surface area contributed by atoms with E-state index in [-0.39, 0.29) is 35.4 Å². The highest BCUT2D eigenvalue weighted by Crippen LogP contribution is 2.23. The number of likely N-dealkylation sites (tertiary alicyclic amines) is 1. The highest BCUT2D eigenvalue weighted by Gasteiger charge is 2.28. The van der Waals surface area contributed by atoms with Gasteiger partial charge in [0, 0.05) is 25.0 Å². The van der Waals surface area contributed by atoms with Crippen LogP contribution >= 0.6 is 0 Å². The van der Waals surface area contributed by atoms with Crippen molar-refractivity contribution < 1.29 is 18.8 Å². The van der Waals surface area contributed by atoms with Gasteiger partial charge in [-0.25, -0.2) is 9.37 Å². The molecule has 1 aromatic carbocycles. The number of anilines is 2. The topological polar surface area (TPSA) is 120 Å². The monoisotopic (exact) mass is 462 g/mol. The number of carbonyl (C=O) groups is 3. The zero-order chi connectivity index (χ0) is 24.1. The van der Waals surface area contributed by atoms with Crippen molar-refractivity contribution in [1.29, 1.82) is 0 Å². The predicted molar refractivity (Wildman–Crippen MR) is 124 cm³/mol. The average Bonchev–Trinajstić information content (AvgIpc) is 3.40. The molecule has 3 N–H and O–H groups in total. The van der Waals surface area contributed by atoms with Gasteiger partial charge in [0.2, 0.25) is 11.8 Å². The molecule has 1 saturated heterocycles. The van der Waals surface area contributed by atoms with Crippen LogP contribution in [0.1, 0.15) is 23.3 Å². The zero-order valence-electron chi connectivity index (χ0n) is 18.3. The third-order valence-electron chi connectivity index (χ3n) is 5.52. The molecule has 0 saturated carbocycles. The summed E-state index contributed by atoms with van der Waals surface area (Å²) in [5.74, 6) is -2.23. The zero-order valence-corrected chi connectivity index (χ0v) is 18.3. The second-order valence-corrected chi connectivity index (χ2v) is 7.84. The minimum atomic E-state index is -0.694. The molecule has 2 aromatic heterocycles. The number of carbonyl (C=O) groups excluding carboxylic acids is 3. The lowest BCUT2D eigenvalue weighted by molar-refractivity contribution is -0.130. The van der Waals surface area contributed by atoms with Crippen molar-refractivity contribution in [2.24, 2.45) is 5.92 Å². The molecule has 4 rings (SSSR count). The van der Waals surface area contributed by atoms with Gasteiger partial charge in [-0.3, -0.25) is 19.5 Å². The first kappa shape index (κ1) is 22.8. The number of aromatic nitrogens is 3. The molecular weight excluding hydrogens is 439 g/mol. The van der Waals surface area contributed by atoms with E-state index in [0.717, 1.165) is 6.07 Å². The van der Waals surface area contributed by atoms with Crippen molar-refractivity contribution in [2.75, 3.05) is 23.7 Å². The van der Waals surface area contributed by atoms with Gasteiger partial charge in [-0.15, -0.1) is 0 Å². The Morgan fingerprint density at radius 1 is 1.18 bits per heavy atom. The van der Waals surface area contributed by atoms with Crippen LogP contribution in [-0.4, -0.2) is 50.9 Å². The highest BCUT2D eigenvalue weighted by atomic mass is 19.1. The first-order chi connectivity index (χ1) is 16.4. The van der Waals surface area contributed by atoms with E-state index >= 15 is 0 Å². The third kappa shape index (κ3) is 5.17. The van der Waals surface area contributed by atoms with Crippen LogP contribution in [0, 0.1) is 11.7 Å². The number of aromatic amines is 1. The van der Waals surface area contributed by atoms with E-state index in [4.69, 9.17) is 0 Å². The van der Waals surface area contributed by atoms with Crippen LogP contribution in [0.4, 0.5) is 15.8 Å². The molecule has 0 aliphatic carbocycles. The summed E-state index contributed by atoms with van der Waals surface area (Å²) in [6.07, 6.45) is 4.09. The summed E-state index contributed by atoms with van der Waals surface area (Å²) in [6.45, 7) is 4.30. The summed E-state index contributed by atoms with van der Waals surface area (Å²) in [6, 6.07) is 10.7. The molecule has 1 aliphatic rings. The lowest BCUT2D eigenvalue weighted by Crippen LogP contribution is -2.43. The Morgan fingerprint density at radius 3 is 2.76 bits per heavy atom. The summed E-state index contributed by atoms with van der Waals surface area (Å²) in [5.41, 5.74) is 1.58. The van der Waals surface area contributed by atoms with Crippen LogP contribution in [0.15, 0.2) is 61.3 Å². The van der Waals surface area contributed by atoms with Gasteiger partial charge in [0.25, 0.3) is 5.91 Å². The molecule has 0 spiro atoms. The van der Waals surface area contributed by atoms with Gasteiger partial charge in [-0.1, -0.05) is 12.6 Å². The van der Waals surface area contributed by atoms with Crippen LogP contribution in [0.25, 0.3) is 11.4 Å². The summed E-state index contributed by atoms with van der Waals surface area (Å²) < 4.78 is 14.7. The first-order valence-corrected chi connectivity index (χ1v) is 10.7. The van der Waals surface area contributed by atoms with Gasteiger partial charge < -0.3 is 15.5 Å². The third-order valence-corrected chi connectivity index (χ3v) is 5.52. The van der Waals surface area contributed by atoms with Crippen molar-refractivity contribution in [3.05, 3.63) is 72.8 Å². The Balaban J connectivity index is 1.40. The van der Waals surface area contributed by atoms with Crippen molar-refractivity contribution in [2.45, 2.75) is 12.8 Å². The SMILES string of the molecule is C=CC(=O)N1CCCC(C(=O)Nc2ccc(NC(=O)c3cccc(-c4ccn[nH]4)n3)cc2F)C1. The van der Waals surface area contributed by atoms with Gasteiger partial charge >= 0.3 is 0 Å². The molecule has 174 valence electrons. The molecule has 9 nitrogen and oxygen atoms in total. The number of amides is 3. The molecule has 1 fully saturated rings. The maximum Gasteiger partial charge on any atom is 0.274 e. The lowest BCUT2D eigenvalue weighted by atomic mass is 9.97. The van der Waals surface area contributed by atoms with Crippen molar-refractivity contribution in [3.8, 4) is 11.4 Å². The summed E-state index contributed by atoms with van der Waals surface area (Å²) in [5, 5.41) is 11.8. The van der Waals surface area contributed by atoms with Crippen LogP contribution in [0.5, 0.6) is 0 Å². The number of benzene rings is 1. The molecule has 1 atom stereocenters. The van der Waals surface area contributed by atoms with E-state index in [2.05, 4.69) is 32.4 Å². The smallest absolute Gasteiger partial charge is 0.274 e. The predicted octanol–water partition coefficient (Wildman–Crippen LogP) is 3.23. The molecule has 3 heterocycles. The molecule has 3 aromatic rings. The van der Waals surface area contributed by atoms with E-state index in [0.29, 0.717) is 30.8 Å². The summed E-state index contributed by atoms with van der Waals surface area (Å²) in [7, 11) is 0. The van der Waals surface area contributed by atoms with E-state index in [9.17, 15) is 18.8 Å². The van der Waals surface area contributed by atoms with Crippen LogP contribution in [-0.2, 0) is 9.59 Å². The molecule has 1 aliphatic heterocycles. The minimum absolute atomic E-state index is 0.00506. The minimum Gasteiger partial charge on any atom is -0.338 e. The maximum atomic E-state index is 14.7. The number of halogens is 1. The van der Waals surface area contributed by atoms with Gasteiger partial charge in [-0.2, -0.15) is 5.10 Å². The second kappa shape index (κ2) is 10.1. The number of nitrogens with one attached hydrogen (secondary N) is 3.